The Balaban J connectivity index is 2.56. The summed E-state index contributed by atoms with van der Waals surface area (Å²) < 4.78 is 17.7. The number of nitrogens with one attached hydrogen (secondary N) is 1. The van der Waals surface area contributed by atoms with E-state index in [1.165, 1.54) is 218 Å². The van der Waals surface area contributed by atoms with Gasteiger partial charge in [-0.2, -0.15) is 0 Å². The summed E-state index contributed by atoms with van der Waals surface area (Å²) in [6.45, 7) is 5.80. The molecule has 0 radical (unpaired) electrons. The highest BCUT2D eigenvalue weighted by Gasteiger charge is 2.47. The van der Waals surface area contributed by atoms with Crippen molar-refractivity contribution in [2.24, 2.45) is 0 Å². The van der Waals surface area contributed by atoms with Crippen LogP contribution in [0.3, 0.4) is 0 Å². The van der Waals surface area contributed by atoms with Gasteiger partial charge in [-0.05, 0) is 77.0 Å². The van der Waals surface area contributed by atoms with E-state index in [9.17, 15) is 35.1 Å². The zero-order chi connectivity index (χ0) is 57.5. The van der Waals surface area contributed by atoms with E-state index in [2.05, 4.69) is 50.4 Å². The van der Waals surface area contributed by atoms with Crippen molar-refractivity contribution in [2.45, 2.75) is 372 Å². The van der Waals surface area contributed by atoms with Crippen molar-refractivity contribution in [2.75, 3.05) is 13.2 Å². The Morgan fingerprint density at radius 3 is 1.23 bits per heavy atom. The van der Waals surface area contributed by atoms with Gasteiger partial charge in [-0.3, -0.25) is 9.59 Å². The molecule has 0 aromatic carbocycles. The molecule has 1 aliphatic heterocycles. The highest BCUT2D eigenvalue weighted by molar-refractivity contribution is 5.80. The van der Waals surface area contributed by atoms with E-state index in [-0.39, 0.29) is 19.4 Å². The molecule has 1 amide bonds. The summed E-state index contributed by atoms with van der Waals surface area (Å²) in [5, 5.41) is 57.0. The third kappa shape index (κ3) is 44.1. The van der Waals surface area contributed by atoms with Crippen LogP contribution in [0.2, 0.25) is 0 Å². The molecule has 1 saturated heterocycles. The van der Waals surface area contributed by atoms with Crippen molar-refractivity contribution in [3.63, 3.8) is 0 Å². The third-order valence-corrected chi connectivity index (χ3v) is 16.0. The Morgan fingerprint density at radius 1 is 0.481 bits per heavy atom. The number of aliphatic hydroxyl groups is 5. The number of amides is 1. The van der Waals surface area contributed by atoms with Crippen LogP contribution in [0, 0.1) is 0 Å². The first kappa shape index (κ1) is 74.9. The Labute approximate surface area is 485 Å². The summed E-state index contributed by atoms with van der Waals surface area (Å²) in [6, 6.07) is -1.03. The lowest BCUT2D eigenvalue weighted by molar-refractivity contribution is -0.305. The molecule has 79 heavy (non-hydrogen) atoms. The molecule has 11 nitrogen and oxygen atoms in total. The first-order chi connectivity index (χ1) is 38.7. The maximum absolute atomic E-state index is 13.4. The van der Waals surface area contributed by atoms with E-state index in [0.717, 1.165) is 57.8 Å². The Hall–Kier alpha value is -2.12. The second-order valence-electron chi connectivity index (χ2n) is 23.6. The van der Waals surface area contributed by atoms with Crippen molar-refractivity contribution in [3.8, 4) is 0 Å². The summed E-state index contributed by atoms with van der Waals surface area (Å²) in [5.74, 6) is -1.20. The number of carbonyl (C=O) groups excluding carboxylic acids is 2. The molecule has 0 aliphatic carbocycles. The Morgan fingerprint density at radius 2 is 0.835 bits per heavy atom. The maximum atomic E-state index is 13.4. The second-order valence-corrected chi connectivity index (χ2v) is 23.6. The molecule has 8 unspecified atom stereocenters. The molecular formula is C68H127NO10. The number of allylic oxidation sites excluding steroid dienone is 5. The zero-order valence-corrected chi connectivity index (χ0v) is 51.5. The fourth-order valence-electron chi connectivity index (χ4n) is 10.6. The monoisotopic (exact) mass is 1120 g/mol. The molecule has 0 bridgehead atoms. The predicted molar refractivity (Wildman–Crippen MR) is 329 cm³/mol. The van der Waals surface area contributed by atoms with Crippen molar-refractivity contribution in [3.05, 3.63) is 36.5 Å². The molecular weight excluding hydrogens is 991 g/mol. The van der Waals surface area contributed by atoms with Crippen LogP contribution in [0.1, 0.15) is 323 Å². The lowest BCUT2D eigenvalue weighted by Gasteiger charge is -2.41. The van der Waals surface area contributed by atoms with Crippen molar-refractivity contribution in [1.82, 2.24) is 5.32 Å². The minimum absolute atomic E-state index is 0.126. The molecule has 8 atom stereocenters. The summed E-state index contributed by atoms with van der Waals surface area (Å²) >= 11 is 0. The average Bonchev–Trinajstić information content (AvgIpc) is 3.51. The zero-order valence-electron chi connectivity index (χ0n) is 51.5. The van der Waals surface area contributed by atoms with Crippen LogP contribution >= 0.6 is 0 Å². The molecule has 11 heteroatoms. The summed E-state index contributed by atoms with van der Waals surface area (Å²) in [4.78, 5) is 26.6. The third-order valence-electron chi connectivity index (χ3n) is 16.0. The molecule has 1 fully saturated rings. The van der Waals surface area contributed by atoms with Gasteiger partial charge >= 0.3 is 5.97 Å². The molecule has 1 rings (SSSR count). The van der Waals surface area contributed by atoms with Crippen LogP contribution in [0.15, 0.2) is 36.5 Å². The minimum atomic E-state index is -1.61. The average molecular weight is 1120 g/mol. The first-order valence-corrected chi connectivity index (χ1v) is 33.8. The quantitative estimate of drug-likeness (QED) is 0.0195. The van der Waals surface area contributed by atoms with Gasteiger partial charge in [0.2, 0.25) is 5.91 Å². The van der Waals surface area contributed by atoms with Crippen LogP contribution in [-0.2, 0) is 23.8 Å². The smallest absolute Gasteiger partial charge is 0.306 e. The molecule has 464 valence electrons. The minimum Gasteiger partial charge on any atom is -0.454 e. The van der Waals surface area contributed by atoms with Crippen LogP contribution in [-0.4, -0.2) is 99.6 Å². The number of ether oxygens (including phenoxy) is 3. The van der Waals surface area contributed by atoms with Gasteiger partial charge in [0, 0.05) is 6.42 Å². The molecule has 1 heterocycles. The van der Waals surface area contributed by atoms with E-state index in [4.69, 9.17) is 14.2 Å². The van der Waals surface area contributed by atoms with Gasteiger partial charge < -0.3 is 45.1 Å². The van der Waals surface area contributed by atoms with Gasteiger partial charge in [-0.15, -0.1) is 0 Å². The van der Waals surface area contributed by atoms with Gasteiger partial charge in [0.1, 0.15) is 24.4 Å². The van der Waals surface area contributed by atoms with E-state index >= 15 is 0 Å². The van der Waals surface area contributed by atoms with Gasteiger partial charge in [-0.1, -0.05) is 276 Å². The Kier molecular flexibility index (Phi) is 53.4. The standard InChI is InChI=1S/C68H127NO10/c1-4-7-10-13-16-19-22-25-26-27-28-29-30-31-32-33-34-35-36-38-41-44-47-50-53-56-63(73)79-66-65(75)64(74)62(57-70)78-68(66)77-58-59(60(71)54-51-48-45-42-40-37-23-20-17-14-11-8-5-2)69-67(76)61(72)55-52-49-46-43-39-24-21-18-15-12-9-6-3/h25-26,39,43,51,54,59-62,64-66,68,70-72,74-75H,4-24,27-38,40-42,44-50,52-53,55-58H2,1-3H3,(H,69,76)/b26-25+,43-39-,54-51+. The maximum Gasteiger partial charge on any atom is 0.306 e. The fraction of sp³-hybridized carbons (Fsp3) is 0.882. The number of aliphatic hydroxyl groups excluding tert-OH is 5. The van der Waals surface area contributed by atoms with Gasteiger partial charge in [0.15, 0.2) is 12.4 Å². The van der Waals surface area contributed by atoms with Crippen LogP contribution in [0.25, 0.3) is 0 Å². The number of unbranched alkanes of at least 4 members (excludes halogenated alkanes) is 40. The lowest BCUT2D eigenvalue weighted by atomic mass is 9.99. The fourth-order valence-corrected chi connectivity index (χ4v) is 10.6. The van der Waals surface area contributed by atoms with Crippen LogP contribution in [0.5, 0.6) is 0 Å². The normalized spacial score (nSPS) is 19.0. The van der Waals surface area contributed by atoms with Crippen LogP contribution in [0.4, 0.5) is 0 Å². The van der Waals surface area contributed by atoms with E-state index in [1.54, 1.807) is 6.08 Å². The molecule has 6 N–H and O–H groups in total. The van der Waals surface area contributed by atoms with E-state index in [0.29, 0.717) is 12.8 Å². The molecule has 0 aromatic rings. The topological polar surface area (TPSA) is 175 Å². The number of carbonyl (C=O) groups is 2. The van der Waals surface area contributed by atoms with Crippen molar-refractivity contribution < 1.29 is 49.3 Å². The number of hydrogen-bond acceptors (Lipinski definition) is 10. The summed E-state index contributed by atoms with van der Waals surface area (Å²) in [7, 11) is 0. The van der Waals surface area contributed by atoms with Crippen molar-refractivity contribution >= 4 is 11.9 Å². The van der Waals surface area contributed by atoms with E-state index in [1.807, 2.05) is 6.08 Å². The first-order valence-electron chi connectivity index (χ1n) is 33.8. The Bertz CT molecular complexity index is 1420. The van der Waals surface area contributed by atoms with Gasteiger partial charge in [0.05, 0.1) is 25.4 Å². The number of rotatable bonds is 58. The number of esters is 1. The molecule has 0 spiro atoms. The molecule has 0 aromatic heterocycles. The lowest BCUT2D eigenvalue weighted by Crippen LogP contribution is -2.61. The van der Waals surface area contributed by atoms with Crippen LogP contribution < -0.4 is 5.32 Å². The molecule has 0 saturated carbocycles. The SMILES string of the molecule is CCCCCCCC/C=C\CCCCC(O)C(=O)NC(COC1OC(CO)C(O)C(O)C1OC(=O)CCCCCCCCCCCCCCCCC/C=C/CCCCCCCC)C(O)/C=C/CCCCCCCCCCCCC. The second kappa shape index (κ2) is 56.4. The van der Waals surface area contributed by atoms with Crippen molar-refractivity contribution in [1.29, 1.82) is 0 Å². The predicted octanol–water partition coefficient (Wildman–Crippen LogP) is 16.6. The summed E-state index contributed by atoms with van der Waals surface area (Å²) in [6.07, 6.45) is 57.7. The molecule has 1 aliphatic rings. The summed E-state index contributed by atoms with van der Waals surface area (Å²) in [5.41, 5.74) is 0. The largest absolute Gasteiger partial charge is 0.454 e. The van der Waals surface area contributed by atoms with Gasteiger partial charge in [-0.25, -0.2) is 0 Å². The van der Waals surface area contributed by atoms with Gasteiger partial charge in [0.25, 0.3) is 0 Å². The number of hydrogen-bond donors (Lipinski definition) is 6. The highest BCUT2D eigenvalue weighted by atomic mass is 16.7. The van der Waals surface area contributed by atoms with E-state index < -0.39 is 67.4 Å². The highest BCUT2D eigenvalue weighted by Crippen LogP contribution is 2.26.